The third-order valence-corrected chi connectivity index (χ3v) is 6.50. The van der Waals surface area contributed by atoms with Crippen LogP contribution >= 0.6 is 0 Å². The van der Waals surface area contributed by atoms with Crippen molar-refractivity contribution in [3.8, 4) is 11.5 Å². The van der Waals surface area contributed by atoms with Crippen LogP contribution in [0.5, 0.6) is 11.5 Å². The zero-order valence-corrected chi connectivity index (χ0v) is 18.4. The van der Waals surface area contributed by atoms with Crippen molar-refractivity contribution in [2.24, 2.45) is 5.41 Å². The SMILES string of the molecule is COc1ccc([C@@H]2C3=C(CC(C)(C)CC3=O)Nc3c2ccc2ccccc32)cc1OC. The van der Waals surface area contributed by atoms with Crippen molar-refractivity contribution in [1.29, 1.82) is 0 Å². The highest BCUT2D eigenvalue weighted by Gasteiger charge is 2.41. The third-order valence-electron chi connectivity index (χ3n) is 6.50. The number of allylic oxidation sites excluding steroid dienone is 2. The lowest BCUT2D eigenvalue weighted by Gasteiger charge is -2.40. The maximum absolute atomic E-state index is 13.4. The van der Waals surface area contributed by atoms with Crippen LogP contribution in [0.15, 0.2) is 65.9 Å². The zero-order valence-electron chi connectivity index (χ0n) is 18.4. The Morgan fingerprint density at radius 3 is 2.48 bits per heavy atom. The molecule has 1 atom stereocenters. The van der Waals surface area contributed by atoms with Crippen LogP contribution in [0, 0.1) is 5.41 Å². The van der Waals surface area contributed by atoms with Gasteiger partial charge in [-0.25, -0.2) is 0 Å². The minimum Gasteiger partial charge on any atom is -0.493 e. The normalized spacial score (nSPS) is 19.5. The molecular formula is C27H27NO3. The van der Waals surface area contributed by atoms with Gasteiger partial charge in [0.05, 0.1) is 19.9 Å². The van der Waals surface area contributed by atoms with Gasteiger partial charge < -0.3 is 14.8 Å². The summed E-state index contributed by atoms with van der Waals surface area (Å²) in [6.07, 6.45) is 1.40. The predicted octanol–water partition coefficient (Wildman–Crippen LogP) is 6.06. The molecule has 4 heteroatoms. The minimum atomic E-state index is -0.140. The Bertz CT molecular complexity index is 1240. The van der Waals surface area contributed by atoms with E-state index in [0.717, 1.165) is 34.5 Å². The van der Waals surface area contributed by atoms with Crippen LogP contribution in [0.3, 0.4) is 0 Å². The molecule has 1 aliphatic carbocycles. The molecule has 0 fully saturated rings. The molecule has 5 rings (SSSR count). The van der Waals surface area contributed by atoms with E-state index in [-0.39, 0.29) is 17.1 Å². The van der Waals surface area contributed by atoms with Crippen molar-refractivity contribution in [2.45, 2.75) is 32.6 Å². The van der Waals surface area contributed by atoms with Crippen LogP contribution in [-0.2, 0) is 4.79 Å². The molecular weight excluding hydrogens is 386 g/mol. The Morgan fingerprint density at radius 2 is 1.71 bits per heavy atom. The summed E-state index contributed by atoms with van der Waals surface area (Å²) in [4.78, 5) is 13.4. The van der Waals surface area contributed by atoms with Gasteiger partial charge in [0.2, 0.25) is 0 Å². The maximum atomic E-state index is 13.4. The molecule has 4 nitrogen and oxygen atoms in total. The topological polar surface area (TPSA) is 47.6 Å². The number of fused-ring (bicyclic) bond motifs is 3. The van der Waals surface area contributed by atoms with Crippen LogP contribution < -0.4 is 14.8 Å². The standard InChI is InChI=1S/C27H27NO3/c1-27(2)14-20-25(21(29)15-27)24(17-10-12-22(30-3)23(13-17)31-4)19-11-9-16-7-5-6-8-18(16)26(19)28-20/h5-13,24,28H,14-15H2,1-4H3/t24-/m0/s1. The highest BCUT2D eigenvalue weighted by atomic mass is 16.5. The largest absolute Gasteiger partial charge is 0.493 e. The number of methoxy groups -OCH3 is 2. The first-order chi connectivity index (χ1) is 14.9. The Balaban J connectivity index is 1.78. The van der Waals surface area contributed by atoms with Crippen molar-refractivity contribution >= 4 is 22.2 Å². The molecule has 3 aromatic rings. The molecule has 1 aliphatic heterocycles. The van der Waals surface area contributed by atoms with Gasteiger partial charge in [0, 0.05) is 29.0 Å². The average Bonchev–Trinajstić information content (AvgIpc) is 2.76. The molecule has 2 aliphatic rings. The minimum absolute atomic E-state index is 0.0623. The van der Waals surface area contributed by atoms with Crippen molar-refractivity contribution in [3.63, 3.8) is 0 Å². The fraction of sp³-hybridized carbons (Fsp3) is 0.296. The van der Waals surface area contributed by atoms with E-state index in [0.29, 0.717) is 17.9 Å². The smallest absolute Gasteiger partial charge is 0.162 e. The second-order valence-corrected chi connectivity index (χ2v) is 9.26. The van der Waals surface area contributed by atoms with Crippen molar-refractivity contribution in [3.05, 3.63) is 77.0 Å². The fourth-order valence-electron chi connectivity index (χ4n) is 5.13. The van der Waals surface area contributed by atoms with E-state index in [1.165, 1.54) is 10.8 Å². The van der Waals surface area contributed by atoms with Gasteiger partial charge in [0.1, 0.15) is 0 Å². The van der Waals surface area contributed by atoms with Crippen LogP contribution in [0.1, 0.15) is 43.7 Å². The molecule has 0 saturated carbocycles. The molecule has 0 aromatic heterocycles. The number of hydrogen-bond acceptors (Lipinski definition) is 4. The fourth-order valence-corrected chi connectivity index (χ4v) is 5.13. The van der Waals surface area contributed by atoms with E-state index in [9.17, 15) is 4.79 Å². The number of Topliss-reactive ketones (excluding diaryl/α,β-unsaturated/α-hetero) is 1. The highest BCUT2D eigenvalue weighted by Crippen LogP contribution is 2.51. The van der Waals surface area contributed by atoms with Crippen LogP contribution in [-0.4, -0.2) is 20.0 Å². The number of ketones is 1. The third kappa shape index (κ3) is 3.18. The molecule has 0 spiro atoms. The van der Waals surface area contributed by atoms with Crippen molar-refractivity contribution < 1.29 is 14.3 Å². The summed E-state index contributed by atoms with van der Waals surface area (Å²) < 4.78 is 11.0. The molecule has 0 unspecified atom stereocenters. The Labute approximate surface area is 182 Å². The summed E-state index contributed by atoms with van der Waals surface area (Å²) in [5.41, 5.74) is 5.13. The summed E-state index contributed by atoms with van der Waals surface area (Å²) in [6, 6.07) is 18.7. The predicted molar refractivity (Wildman–Crippen MR) is 124 cm³/mol. The first-order valence-electron chi connectivity index (χ1n) is 10.7. The van der Waals surface area contributed by atoms with E-state index in [4.69, 9.17) is 9.47 Å². The van der Waals surface area contributed by atoms with Gasteiger partial charge in [-0.15, -0.1) is 0 Å². The number of benzene rings is 3. The van der Waals surface area contributed by atoms with Gasteiger partial charge in [-0.05, 0) is 40.5 Å². The molecule has 158 valence electrons. The van der Waals surface area contributed by atoms with Gasteiger partial charge in [-0.1, -0.05) is 56.3 Å². The summed E-state index contributed by atoms with van der Waals surface area (Å²) in [7, 11) is 3.28. The second kappa shape index (κ2) is 7.16. The lowest BCUT2D eigenvalue weighted by molar-refractivity contribution is -0.118. The lowest BCUT2D eigenvalue weighted by atomic mass is 9.68. The number of carbonyl (C=O) groups is 1. The molecule has 31 heavy (non-hydrogen) atoms. The van der Waals surface area contributed by atoms with Crippen molar-refractivity contribution in [1.82, 2.24) is 0 Å². The van der Waals surface area contributed by atoms with E-state index in [2.05, 4.69) is 55.6 Å². The van der Waals surface area contributed by atoms with Gasteiger partial charge in [0.25, 0.3) is 0 Å². The van der Waals surface area contributed by atoms with E-state index in [1.54, 1.807) is 14.2 Å². The monoisotopic (exact) mass is 413 g/mol. The number of nitrogens with one attached hydrogen (secondary N) is 1. The maximum Gasteiger partial charge on any atom is 0.162 e. The zero-order chi connectivity index (χ0) is 21.8. The first-order valence-corrected chi connectivity index (χ1v) is 10.7. The summed E-state index contributed by atoms with van der Waals surface area (Å²) in [5, 5.41) is 6.04. The quantitative estimate of drug-likeness (QED) is 0.567. The second-order valence-electron chi connectivity index (χ2n) is 9.26. The molecule has 0 bridgehead atoms. The Morgan fingerprint density at radius 1 is 0.935 bits per heavy atom. The lowest BCUT2D eigenvalue weighted by Crippen LogP contribution is -2.33. The number of ether oxygens (including phenoxy) is 2. The molecule has 0 saturated heterocycles. The number of rotatable bonds is 3. The van der Waals surface area contributed by atoms with Gasteiger partial charge in [-0.2, -0.15) is 0 Å². The van der Waals surface area contributed by atoms with Gasteiger partial charge >= 0.3 is 0 Å². The number of hydrogen-bond donors (Lipinski definition) is 1. The first kappa shape index (κ1) is 19.7. The molecule has 3 aromatic carbocycles. The summed E-state index contributed by atoms with van der Waals surface area (Å²) in [6.45, 7) is 4.33. The average molecular weight is 414 g/mol. The van der Waals surface area contributed by atoms with Crippen LogP contribution in [0.2, 0.25) is 0 Å². The Kier molecular flexibility index (Phi) is 4.54. The molecule has 1 N–H and O–H groups in total. The van der Waals surface area contributed by atoms with Crippen LogP contribution in [0.25, 0.3) is 10.8 Å². The Hall–Kier alpha value is -3.27. The molecule has 0 radical (unpaired) electrons. The van der Waals surface area contributed by atoms with E-state index in [1.807, 2.05) is 18.2 Å². The van der Waals surface area contributed by atoms with Crippen LogP contribution in [0.4, 0.5) is 5.69 Å². The highest BCUT2D eigenvalue weighted by molar-refractivity contribution is 6.05. The summed E-state index contributed by atoms with van der Waals surface area (Å²) in [5.74, 6) is 1.44. The molecule has 0 amide bonds. The molecule has 1 heterocycles. The number of carbonyl (C=O) groups excluding carboxylic acids is 1. The van der Waals surface area contributed by atoms with E-state index < -0.39 is 0 Å². The van der Waals surface area contributed by atoms with Gasteiger partial charge in [-0.3, -0.25) is 4.79 Å². The summed E-state index contributed by atoms with van der Waals surface area (Å²) >= 11 is 0. The van der Waals surface area contributed by atoms with E-state index >= 15 is 0 Å². The van der Waals surface area contributed by atoms with Crippen molar-refractivity contribution in [2.75, 3.05) is 19.5 Å². The number of anilines is 1. The van der Waals surface area contributed by atoms with Gasteiger partial charge in [0.15, 0.2) is 17.3 Å².